The summed E-state index contributed by atoms with van der Waals surface area (Å²) in [6.45, 7) is 3.73. The Morgan fingerprint density at radius 1 is 1.44 bits per heavy atom. The lowest BCUT2D eigenvalue weighted by molar-refractivity contribution is 0.242. The number of hydrogen-bond donors (Lipinski definition) is 2. The SMILES string of the molecule is COc1ccc(C(C)N[C@@H](C)CO)c(F)c1. The van der Waals surface area contributed by atoms with Crippen LogP contribution in [0.2, 0.25) is 0 Å². The first kappa shape index (κ1) is 12.9. The molecule has 0 heterocycles. The Labute approximate surface area is 95.2 Å². The molecule has 0 aliphatic rings. The molecule has 1 rings (SSSR count). The molecule has 0 saturated carbocycles. The molecule has 16 heavy (non-hydrogen) atoms. The van der Waals surface area contributed by atoms with Crippen molar-refractivity contribution in [1.82, 2.24) is 5.32 Å². The molecule has 90 valence electrons. The van der Waals surface area contributed by atoms with Gasteiger partial charge in [0.25, 0.3) is 0 Å². The van der Waals surface area contributed by atoms with Gasteiger partial charge in [-0.15, -0.1) is 0 Å². The number of benzene rings is 1. The molecule has 0 spiro atoms. The summed E-state index contributed by atoms with van der Waals surface area (Å²) >= 11 is 0. The molecule has 3 nitrogen and oxygen atoms in total. The van der Waals surface area contributed by atoms with Crippen LogP contribution in [0, 0.1) is 5.82 Å². The zero-order chi connectivity index (χ0) is 12.1. The molecule has 2 N–H and O–H groups in total. The van der Waals surface area contributed by atoms with Crippen LogP contribution in [-0.2, 0) is 0 Å². The lowest BCUT2D eigenvalue weighted by Gasteiger charge is -2.19. The van der Waals surface area contributed by atoms with Gasteiger partial charge in [-0.3, -0.25) is 0 Å². The fraction of sp³-hybridized carbons (Fsp3) is 0.500. The molecule has 1 aromatic rings. The summed E-state index contributed by atoms with van der Waals surface area (Å²) in [4.78, 5) is 0. The van der Waals surface area contributed by atoms with Crippen LogP contribution in [0.15, 0.2) is 18.2 Å². The van der Waals surface area contributed by atoms with Crippen molar-refractivity contribution in [1.29, 1.82) is 0 Å². The molecule has 0 bridgehead atoms. The summed E-state index contributed by atoms with van der Waals surface area (Å²) in [7, 11) is 1.50. The average molecular weight is 227 g/mol. The number of aliphatic hydroxyl groups is 1. The van der Waals surface area contributed by atoms with Crippen LogP contribution in [0.4, 0.5) is 4.39 Å². The summed E-state index contributed by atoms with van der Waals surface area (Å²) < 4.78 is 18.6. The average Bonchev–Trinajstić information content (AvgIpc) is 2.28. The molecule has 0 aliphatic heterocycles. The van der Waals surface area contributed by atoms with E-state index in [2.05, 4.69) is 5.32 Å². The van der Waals surface area contributed by atoms with E-state index >= 15 is 0 Å². The molecular weight excluding hydrogens is 209 g/mol. The quantitative estimate of drug-likeness (QED) is 0.806. The zero-order valence-electron chi connectivity index (χ0n) is 9.83. The Morgan fingerprint density at radius 3 is 2.62 bits per heavy atom. The fourth-order valence-electron chi connectivity index (χ4n) is 1.56. The third kappa shape index (κ3) is 3.18. The minimum Gasteiger partial charge on any atom is -0.497 e. The van der Waals surface area contributed by atoms with Gasteiger partial charge in [0.2, 0.25) is 0 Å². The summed E-state index contributed by atoms with van der Waals surface area (Å²) in [6.07, 6.45) is 0. The lowest BCUT2D eigenvalue weighted by Crippen LogP contribution is -2.32. The maximum absolute atomic E-state index is 13.7. The summed E-state index contributed by atoms with van der Waals surface area (Å²) in [5.74, 6) is 0.202. The van der Waals surface area contributed by atoms with Gasteiger partial charge >= 0.3 is 0 Å². The van der Waals surface area contributed by atoms with E-state index in [1.54, 1.807) is 12.1 Å². The minimum atomic E-state index is -0.301. The molecule has 0 aliphatic carbocycles. The molecule has 4 heteroatoms. The van der Waals surface area contributed by atoms with Crippen molar-refractivity contribution in [2.24, 2.45) is 0 Å². The number of hydrogen-bond acceptors (Lipinski definition) is 3. The Hall–Kier alpha value is -1.13. The standard InChI is InChI=1S/C12H18FNO2/c1-8(7-15)14-9(2)11-5-4-10(16-3)6-12(11)13/h4-6,8-9,14-15H,7H2,1-3H3/t8-,9?/m0/s1. The molecule has 1 aromatic carbocycles. The first-order valence-corrected chi connectivity index (χ1v) is 5.28. The van der Waals surface area contributed by atoms with Gasteiger partial charge in [0, 0.05) is 23.7 Å². The van der Waals surface area contributed by atoms with E-state index in [1.807, 2.05) is 13.8 Å². The molecule has 0 aromatic heterocycles. The molecule has 2 atom stereocenters. The van der Waals surface area contributed by atoms with E-state index in [1.165, 1.54) is 13.2 Å². The van der Waals surface area contributed by atoms with Crippen molar-refractivity contribution in [2.75, 3.05) is 13.7 Å². The normalized spacial score (nSPS) is 14.6. The van der Waals surface area contributed by atoms with Crippen molar-refractivity contribution in [2.45, 2.75) is 25.9 Å². The van der Waals surface area contributed by atoms with Gasteiger partial charge in [0.1, 0.15) is 11.6 Å². The topological polar surface area (TPSA) is 41.5 Å². The summed E-state index contributed by atoms with van der Waals surface area (Å²) in [5, 5.41) is 12.0. The van der Waals surface area contributed by atoms with Crippen molar-refractivity contribution >= 4 is 0 Å². The summed E-state index contributed by atoms with van der Waals surface area (Å²) in [5.41, 5.74) is 0.570. The van der Waals surface area contributed by atoms with E-state index in [4.69, 9.17) is 9.84 Å². The van der Waals surface area contributed by atoms with Gasteiger partial charge in [-0.2, -0.15) is 0 Å². The predicted octanol–water partition coefficient (Wildman–Crippen LogP) is 1.87. The highest BCUT2D eigenvalue weighted by Gasteiger charge is 2.13. The lowest BCUT2D eigenvalue weighted by atomic mass is 10.1. The second kappa shape index (κ2) is 5.82. The van der Waals surface area contributed by atoms with E-state index in [-0.39, 0.29) is 24.5 Å². The Morgan fingerprint density at radius 2 is 2.12 bits per heavy atom. The van der Waals surface area contributed by atoms with Crippen molar-refractivity contribution in [3.63, 3.8) is 0 Å². The number of ether oxygens (including phenoxy) is 1. The van der Waals surface area contributed by atoms with Crippen LogP contribution in [0.3, 0.4) is 0 Å². The maximum atomic E-state index is 13.7. The van der Waals surface area contributed by atoms with Crippen LogP contribution < -0.4 is 10.1 Å². The number of methoxy groups -OCH3 is 1. The third-order valence-electron chi connectivity index (χ3n) is 2.48. The van der Waals surface area contributed by atoms with E-state index in [0.29, 0.717) is 11.3 Å². The molecule has 0 radical (unpaired) electrons. The molecule has 0 fully saturated rings. The van der Waals surface area contributed by atoms with Gasteiger partial charge < -0.3 is 15.2 Å². The van der Waals surface area contributed by atoms with Crippen molar-refractivity contribution in [3.8, 4) is 5.75 Å². The molecule has 1 unspecified atom stereocenters. The molecule has 0 amide bonds. The minimum absolute atomic E-state index is 0.0299. The van der Waals surface area contributed by atoms with E-state index in [0.717, 1.165) is 0 Å². The van der Waals surface area contributed by atoms with Crippen LogP contribution >= 0.6 is 0 Å². The number of aliphatic hydroxyl groups excluding tert-OH is 1. The van der Waals surface area contributed by atoms with Crippen LogP contribution in [-0.4, -0.2) is 24.9 Å². The van der Waals surface area contributed by atoms with Crippen LogP contribution in [0.25, 0.3) is 0 Å². The first-order chi connectivity index (χ1) is 7.58. The first-order valence-electron chi connectivity index (χ1n) is 5.28. The van der Waals surface area contributed by atoms with E-state index in [9.17, 15) is 4.39 Å². The van der Waals surface area contributed by atoms with Crippen molar-refractivity contribution in [3.05, 3.63) is 29.6 Å². The number of halogens is 1. The fourth-order valence-corrected chi connectivity index (χ4v) is 1.56. The van der Waals surface area contributed by atoms with Crippen LogP contribution in [0.1, 0.15) is 25.5 Å². The Balaban J connectivity index is 2.79. The van der Waals surface area contributed by atoms with Crippen LogP contribution in [0.5, 0.6) is 5.75 Å². The second-order valence-corrected chi connectivity index (χ2v) is 3.86. The number of rotatable bonds is 5. The largest absolute Gasteiger partial charge is 0.497 e. The smallest absolute Gasteiger partial charge is 0.131 e. The monoisotopic (exact) mass is 227 g/mol. The molecular formula is C12H18FNO2. The third-order valence-corrected chi connectivity index (χ3v) is 2.48. The van der Waals surface area contributed by atoms with Gasteiger partial charge in [-0.25, -0.2) is 4.39 Å². The highest BCUT2D eigenvalue weighted by Crippen LogP contribution is 2.21. The Kier molecular flexibility index (Phi) is 4.71. The number of nitrogens with one attached hydrogen (secondary N) is 1. The van der Waals surface area contributed by atoms with Gasteiger partial charge in [0.15, 0.2) is 0 Å². The Bertz CT molecular complexity index is 344. The maximum Gasteiger partial charge on any atom is 0.131 e. The van der Waals surface area contributed by atoms with Gasteiger partial charge in [-0.05, 0) is 19.9 Å². The highest BCUT2D eigenvalue weighted by atomic mass is 19.1. The summed E-state index contributed by atoms with van der Waals surface area (Å²) in [6, 6.07) is 4.57. The van der Waals surface area contributed by atoms with Gasteiger partial charge in [-0.1, -0.05) is 6.07 Å². The van der Waals surface area contributed by atoms with E-state index < -0.39 is 0 Å². The second-order valence-electron chi connectivity index (χ2n) is 3.86. The predicted molar refractivity (Wildman–Crippen MR) is 61.1 cm³/mol. The zero-order valence-corrected chi connectivity index (χ0v) is 9.83. The van der Waals surface area contributed by atoms with Crippen molar-refractivity contribution < 1.29 is 14.2 Å². The molecule has 0 saturated heterocycles. The van der Waals surface area contributed by atoms with Gasteiger partial charge in [0.05, 0.1) is 13.7 Å². The highest BCUT2D eigenvalue weighted by molar-refractivity contribution is 5.30.